The zero-order valence-corrected chi connectivity index (χ0v) is 10.2. The van der Waals surface area contributed by atoms with Gasteiger partial charge >= 0.3 is 5.97 Å². The second kappa shape index (κ2) is 5.25. The monoisotopic (exact) mass is 242 g/mol. The third kappa shape index (κ3) is 4.51. The molecule has 0 radical (unpaired) electrons. The Hall–Kier alpha value is -1.45. The minimum atomic E-state index is -0.631. The molecule has 0 spiro atoms. The summed E-state index contributed by atoms with van der Waals surface area (Å²) in [5.74, 6) is -1.72. The van der Waals surface area contributed by atoms with Gasteiger partial charge in [-0.3, -0.25) is 4.79 Å². The van der Waals surface area contributed by atoms with Crippen LogP contribution >= 0.6 is 0 Å². The van der Waals surface area contributed by atoms with Crippen molar-refractivity contribution < 1.29 is 18.3 Å². The molecule has 1 aromatic carbocycles. The fourth-order valence-electron chi connectivity index (χ4n) is 1.39. The van der Waals surface area contributed by atoms with E-state index in [1.807, 2.05) is 0 Å². The zero-order valence-electron chi connectivity index (χ0n) is 10.2. The third-order valence-corrected chi connectivity index (χ3v) is 2.06. The zero-order chi connectivity index (χ0) is 13.1. The first-order valence-corrected chi connectivity index (χ1v) is 5.44. The molecule has 0 aliphatic rings. The van der Waals surface area contributed by atoms with E-state index in [0.29, 0.717) is 0 Å². The largest absolute Gasteiger partial charge is 0.460 e. The van der Waals surface area contributed by atoms with Crippen LogP contribution in [-0.4, -0.2) is 11.6 Å². The van der Waals surface area contributed by atoms with E-state index in [-0.39, 0.29) is 18.4 Å². The molecule has 94 valence electrons. The summed E-state index contributed by atoms with van der Waals surface area (Å²) in [6, 6.07) is 3.64. The van der Waals surface area contributed by atoms with Crippen molar-refractivity contribution in [3.8, 4) is 0 Å². The van der Waals surface area contributed by atoms with Gasteiger partial charge in [-0.1, -0.05) is 6.07 Å². The van der Waals surface area contributed by atoms with E-state index in [4.69, 9.17) is 4.74 Å². The molecule has 1 rings (SSSR count). The highest BCUT2D eigenvalue weighted by molar-refractivity contribution is 5.70. The second-order valence-corrected chi connectivity index (χ2v) is 4.79. The Morgan fingerprint density at radius 1 is 1.24 bits per heavy atom. The van der Waals surface area contributed by atoms with Crippen molar-refractivity contribution in [1.82, 2.24) is 0 Å². The van der Waals surface area contributed by atoms with Crippen LogP contribution < -0.4 is 0 Å². The second-order valence-electron chi connectivity index (χ2n) is 4.79. The minimum Gasteiger partial charge on any atom is -0.460 e. The van der Waals surface area contributed by atoms with E-state index in [2.05, 4.69) is 0 Å². The van der Waals surface area contributed by atoms with Crippen LogP contribution in [0.1, 0.15) is 32.8 Å². The summed E-state index contributed by atoms with van der Waals surface area (Å²) in [7, 11) is 0. The Labute approximate surface area is 99.6 Å². The minimum absolute atomic E-state index is 0.00736. The van der Waals surface area contributed by atoms with E-state index >= 15 is 0 Å². The van der Waals surface area contributed by atoms with Crippen LogP contribution in [0, 0.1) is 11.6 Å². The molecule has 1 aromatic rings. The Balaban J connectivity index is 2.59. The molecule has 0 atom stereocenters. The average molecular weight is 242 g/mol. The molecule has 17 heavy (non-hydrogen) atoms. The number of carbonyl (C=O) groups excluding carboxylic acids is 1. The lowest BCUT2D eigenvalue weighted by molar-refractivity contribution is -0.154. The van der Waals surface area contributed by atoms with Crippen molar-refractivity contribution in [2.75, 3.05) is 0 Å². The van der Waals surface area contributed by atoms with E-state index in [1.165, 1.54) is 18.2 Å². The van der Waals surface area contributed by atoms with Crippen LogP contribution in [0.4, 0.5) is 8.78 Å². The van der Waals surface area contributed by atoms with E-state index in [0.717, 1.165) is 0 Å². The van der Waals surface area contributed by atoms with Gasteiger partial charge in [0.1, 0.15) is 17.2 Å². The van der Waals surface area contributed by atoms with E-state index in [9.17, 15) is 13.6 Å². The number of ether oxygens (including phenoxy) is 1. The van der Waals surface area contributed by atoms with Gasteiger partial charge in [0.2, 0.25) is 0 Å². The highest BCUT2D eigenvalue weighted by atomic mass is 19.1. The molecular formula is C13H16F2O2. The Kier molecular flexibility index (Phi) is 4.21. The number of hydrogen-bond donors (Lipinski definition) is 0. The molecule has 0 aliphatic heterocycles. The van der Waals surface area contributed by atoms with Gasteiger partial charge in [-0.05, 0) is 39.3 Å². The maximum absolute atomic E-state index is 13.2. The molecule has 4 heteroatoms. The standard InChI is InChI=1S/C13H16F2O2/c1-13(2,3)17-12(16)8-7-9-10(14)5-4-6-11(9)15/h4-6H,7-8H2,1-3H3. The highest BCUT2D eigenvalue weighted by Gasteiger charge is 2.17. The quantitative estimate of drug-likeness (QED) is 0.760. The first-order valence-electron chi connectivity index (χ1n) is 5.44. The van der Waals surface area contributed by atoms with Crippen molar-refractivity contribution >= 4 is 5.97 Å². The van der Waals surface area contributed by atoms with E-state index < -0.39 is 23.2 Å². The number of halogens is 2. The summed E-state index contributed by atoms with van der Waals surface area (Å²) in [5.41, 5.74) is -0.649. The molecule has 0 saturated carbocycles. The fraction of sp³-hybridized carbons (Fsp3) is 0.462. The third-order valence-electron chi connectivity index (χ3n) is 2.06. The number of hydrogen-bond acceptors (Lipinski definition) is 2. The summed E-state index contributed by atoms with van der Waals surface area (Å²) >= 11 is 0. The van der Waals surface area contributed by atoms with Crippen LogP contribution in [-0.2, 0) is 16.0 Å². The number of carbonyl (C=O) groups is 1. The Bertz CT molecular complexity index is 388. The van der Waals surface area contributed by atoms with Crippen LogP contribution in [0.2, 0.25) is 0 Å². The number of rotatable bonds is 3. The molecule has 0 bridgehead atoms. The van der Waals surface area contributed by atoms with Gasteiger partial charge < -0.3 is 4.74 Å². The van der Waals surface area contributed by atoms with Gasteiger partial charge in [-0.25, -0.2) is 8.78 Å². The molecule has 0 unspecified atom stereocenters. The summed E-state index contributed by atoms with van der Waals surface area (Å²) in [4.78, 5) is 11.4. The number of benzene rings is 1. The normalized spacial score (nSPS) is 11.4. The van der Waals surface area contributed by atoms with Gasteiger partial charge in [0.25, 0.3) is 0 Å². The molecule has 0 saturated heterocycles. The van der Waals surface area contributed by atoms with Crippen LogP contribution in [0.3, 0.4) is 0 Å². The van der Waals surface area contributed by atoms with Gasteiger partial charge in [0.15, 0.2) is 0 Å². The summed E-state index contributed by atoms with van der Waals surface area (Å²) in [6.45, 7) is 5.23. The predicted molar refractivity (Wildman–Crippen MR) is 60.5 cm³/mol. The molecule has 0 N–H and O–H groups in total. The van der Waals surface area contributed by atoms with Crippen LogP contribution in [0.5, 0.6) is 0 Å². The lowest BCUT2D eigenvalue weighted by Crippen LogP contribution is -2.24. The summed E-state index contributed by atoms with van der Waals surface area (Å²) < 4.78 is 31.5. The molecule has 0 amide bonds. The lowest BCUT2D eigenvalue weighted by atomic mass is 10.1. The lowest BCUT2D eigenvalue weighted by Gasteiger charge is -2.19. The molecule has 0 aromatic heterocycles. The first kappa shape index (κ1) is 13.6. The number of esters is 1. The maximum atomic E-state index is 13.2. The van der Waals surface area contributed by atoms with Crippen LogP contribution in [0.15, 0.2) is 18.2 Å². The molecular weight excluding hydrogens is 226 g/mol. The molecule has 2 nitrogen and oxygen atoms in total. The highest BCUT2D eigenvalue weighted by Crippen LogP contribution is 2.15. The summed E-state index contributed by atoms with van der Waals surface area (Å²) in [5, 5.41) is 0. The smallest absolute Gasteiger partial charge is 0.306 e. The van der Waals surface area contributed by atoms with Crippen molar-refractivity contribution in [3.63, 3.8) is 0 Å². The Morgan fingerprint density at radius 2 is 1.76 bits per heavy atom. The van der Waals surface area contributed by atoms with Crippen molar-refractivity contribution in [3.05, 3.63) is 35.4 Å². The van der Waals surface area contributed by atoms with E-state index in [1.54, 1.807) is 20.8 Å². The van der Waals surface area contributed by atoms with Gasteiger partial charge in [-0.2, -0.15) is 0 Å². The average Bonchev–Trinajstić information content (AvgIpc) is 2.14. The van der Waals surface area contributed by atoms with Crippen molar-refractivity contribution in [1.29, 1.82) is 0 Å². The predicted octanol–water partition coefficient (Wildman–Crippen LogP) is 3.24. The van der Waals surface area contributed by atoms with Gasteiger partial charge in [0.05, 0.1) is 0 Å². The topological polar surface area (TPSA) is 26.3 Å². The SMILES string of the molecule is CC(C)(C)OC(=O)CCc1c(F)cccc1F. The van der Waals surface area contributed by atoms with Gasteiger partial charge in [0, 0.05) is 12.0 Å². The molecule has 0 fully saturated rings. The van der Waals surface area contributed by atoms with Crippen molar-refractivity contribution in [2.45, 2.75) is 39.2 Å². The van der Waals surface area contributed by atoms with Crippen LogP contribution in [0.25, 0.3) is 0 Å². The molecule has 0 heterocycles. The Morgan fingerprint density at radius 3 is 2.24 bits per heavy atom. The molecule has 0 aliphatic carbocycles. The first-order chi connectivity index (χ1) is 7.79. The van der Waals surface area contributed by atoms with Gasteiger partial charge in [-0.15, -0.1) is 0 Å². The summed E-state index contributed by atoms with van der Waals surface area (Å²) in [6.07, 6.45) is -0.0253. The maximum Gasteiger partial charge on any atom is 0.306 e. The fourth-order valence-corrected chi connectivity index (χ4v) is 1.39. The van der Waals surface area contributed by atoms with Crippen molar-refractivity contribution in [2.24, 2.45) is 0 Å².